The van der Waals surface area contributed by atoms with Gasteiger partial charge in [-0.3, -0.25) is 9.63 Å². The zero-order valence-corrected chi connectivity index (χ0v) is 22.7. The Labute approximate surface area is 218 Å². The highest BCUT2D eigenvalue weighted by molar-refractivity contribution is 5.95. The van der Waals surface area contributed by atoms with Crippen LogP contribution in [0.2, 0.25) is 0 Å². The van der Waals surface area contributed by atoms with Gasteiger partial charge in [-0.15, -0.1) is 0 Å². The summed E-state index contributed by atoms with van der Waals surface area (Å²) in [7, 11) is 3.10. The highest BCUT2D eigenvalue weighted by atomic mass is 16.7. The maximum Gasteiger partial charge on any atom is 0.410 e. The maximum absolute atomic E-state index is 13.0. The second kappa shape index (κ2) is 9.28. The number of hydrogen-bond donors (Lipinski definition) is 0. The fourth-order valence-electron chi connectivity index (χ4n) is 5.97. The number of ether oxygens (including phenoxy) is 1. The van der Waals surface area contributed by atoms with Crippen LogP contribution >= 0.6 is 0 Å². The van der Waals surface area contributed by atoms with Crippen LogP contribution in [-0.2, 0) is 21.4 Å². The van der Waals surface area contributed by atoms with Crippen LogP contribution in [0.15, 0.2) is 24.5 Å². The van der Waals surface area contributed by atoms with Gasteiger partial charge in [0, 0.05) is 54.6 Å². The van der Waals surface area contributed by atoms with E-state index in [0.29, 0.717) is 24.6 Å². The van der Waals surface area contributed by atoms with Gasteiger partial charge in [0.05, 0.1) is 7.11 Å². The molecule has 2 aliphatic heterocycles. The van der Waals surface area contributed by atoms with Crippen LogP contribution in [0.4, 0.5) is 16.3 Å². The normalized spacial score (nSPS) is 20.1. The van der Waals surface area contributed by atoms with E-state index in [1.807, 2.05) is 39.0 Å². The number of piperidine rings is 1. The lowest BCUT2D eigenvalue weighted by atomic mass is 9.74. The van der Waals surface area contributed by atoms with Crippen molar-refractivity contribution < 1.29 is 19.2 Å². The molecule has 1 fully saturated rings. The summed E-state index contributed by atoms with van der Waals surface area (Å²) in [6, 6.07) is 5.92. The minimum absolute atomic E-state index is 0.193. The van der Waals surface area contributed by atoms with Gasteiger partial charge in [-0.05, 0) is 76.1 Å². The van der Waals surface area contributed by atoms with Gasteiger partial charge >= 0.3 is 6.09 Å². The number of carbonyl (C=O) groups is 2. The molecule has 5 rings (SSSR count). The number of nitrogens with zero attached hydrogens (tertiary/aromatic N) is 5. The maximum atomic E-state index is 13.0. The monoisotopic (exact) mass is 507 g/mol. The molecule has 0 bridgehead atoms. The third-order valence-corrected chi connectivity index (χ3v) is 8.01. The van der Waals surface area contributed by atoms with Crippen molar-refractivity contribution >= 4 is 23.5 Å². The first kappa shape index (κ1) is 25.4. The van der Waals surface area contributed by atoms with Crippen molar-refractivity contribution in [2.75, 3.05) is 38.7 Å². The Morgan fingerprint density at radius 1 is 1.16 bits per heavy atom. The standard InChI is InChI=1S/C28H37N5O4/c1-18-7-9-21-23(18)24(30-17-29-21)33-16-28(11-13-32(14-12-28)26(35)37-27(2,3)4)20-15-19(8-10-22(20)33)25(34)31(5)36-6/h8,10,15,17-18H,7,9,11-14,16H2,1-6H3. The van der Waals surface area contributed by atoms with Gasteiger partial charge in [-0.1, -0.05) is 6.92 Å². The number of fused-ring (bicyclic) bond motifs is 3. The largest absolute Gasteiger partial charge is 0.444 e. The van der Waals surface area contributed by atoms with Crippen molar-refractivity contribution in [3.63, 3.8) is 0 Å². The molecular formula is C28H37N5O4. The number of anilines is 2. The van der Waals surface area contributed by atoms with Gasteiger partial charge in [0.25, 0.3) is 5.91 Å². The van der Waals surface area contributed by atoms with E-state index in [1.54, 1.807) is 18.3 Å². The lowest BCUT2D eigenvalue weighted by Gasteiger charge is -2.40. The second-order valence-corrected chi connectivity index (χ2v) is 11.5. The summed E-state index contributed by atoms with van der Waals surface area (Å²) in [6.07, 6.45) is 5.00. The summed E-state index contributed by atoms with van der Waals surface area (Å²) in [5.74, 6) is 1.17. The predicted octanol–water partition coefficient (Wildman–Crippen LogP) is 4.58. The molecule has 1 atom stereocenters. The van der Waals surface area contributed by atoms with Gasteiger partial charge in [-0.2, -0.15) is 0 Å². The Bertz CT molecular complexity index is 1220. The summed E-state index contributed by atoms with van der Waals surface area (Å²) in [6.45, 7) is 9.84. The van der Waals surface area contributed by atoms with E-state index in [4.69, 9.17) is 14.6 Å². The first-order chi connectivity index (χ1) is 17.5. The van der Waals surface area contributed by atoms with E-state index >= 15 is 0 Å². The molecule has 37 heavy (non-hydrogen) atoms. The first-order valence-corrected chi connectivity index (χ1v) is 13.1. The van der Waals surface area contributed by atoms with Crippen LogP contribution in [0.5, 0.6) is 0 Å². The third kappa shape index (κ3) is 4.54. The van der Waals surface area contributed by atoms with Crippen molar-refractivity contribution in [2.45, 2.75) is 70.3 Å². The smallest absolute Gasteiger partial charge is 0.410 e. The minimum Gasteiger partial charge on any atom is -0.444 e. The number of benzene rings is 1. The molecule has 1 spiro atoms. The average molecular weight is 508 g/mol. The highest BCUT2D eigenvalue weighted by Gasteiger charge is 2.47. The lowest BCUT2D eigenvalue weighted by Crippen LogP contribution is -2.48. The molecule has 0 saturated carbocycles. The summed E-state index contributed by atoms with van der Waals surface area (Å²) in [5, 5.41) is 1.24. The van der Waals surface area contributed by atoms with Crippen LogP contribution in [0, 0.1) is 0 Å². The fourth-order valence-corrected chi connectivity index (χ4v) is 5.97. The third-order valence-electron chi connectivity index (χ3n) is 8.01. The molecule has 3 heterocycles. The van der Waals surface area contributed by atoms with Crippen molar-refractivity contribution in [1.29, 1.82) is 0 Å². The molecule has 0 radical (unpaired) electrons. The van der Waals surface area contributed by atoms with Crippen LogP contribution in [0.1, 0.15) is 80.1 Å². The highest BCUT2D eigenvalue weighted by Crippen LogP contribution is 2.51. The van der Waals surface area contributed by atoms with Gasteiger partial charge in [-0.25, -0.2) is 19.8 Å². The average Bonchev–Trinajstić information content (AvgIpc) is 3.40. The zero-order valence-electron chi connectivity index (χ0n) is 22.7. The number of hydrogen-bond acceptors (Lipinski definition) is 7. The number of hydroxylamine groups is 2. The molecule has 3 aliphatic rings. The number of carbonyl (C=O) groups excluding carboxylic acids is 2. The molecule has 1 aromatic heterocycles. The van der Waals surface area contributed by atoms with E-state index in [0.717, 1.165) is 55.0 Å². The molecule has 1 saturated heterocycles. The lowest BCUT2D eigenvalue weighted by molar-refractivity contribution is -0.0757. The first-order valence-electron chi connectivity index (χ1n) is 13.1. The summed E-state index contributed by atoms with van der Waals surface area (Å²) < 4.78 is 5.64. The second-order valence-electron chi connectivity index (χ2n) is 11.5. The van der Waals surface area contributed by atoms with Crippen molar-refractivity contribution in [1.82, 2.24) is 19.9 Å². The van der Waals surface area contributed by atoms with Crippen molar-refractivity contribution in [3.05, 3.63) is 46.9 Å². The molecule has 1 unspecified atom stereocenters. The Morgan fingerprint density at radius 3 is 2.57 bits per heavy atom. The molecule has 9 nitrogen and oxygen atoms in total. The molecule has 198 valence electrons. The molecule has 1 aromatic carbocycles. The van der Waals surface area contributed by atoms with Gasteiger partial charge in [0.1, 0.15) is 17.7 Å². The van der Waals surface area contributed by atoms with E-state index in [9.17, 15) is 9.59 Å². The molecule has 9 heteroatoms. The number of rotatable bonds is 3. The molecule has 2 amide bonds. The molecule has 0 N–H and O–H groups in total. The van der Waals surface area contributed by atoms with E-state index in [-0.39, 0.29) is 17.4 Å². The van der Waals surface area contributed by atoms with Gasteiger partial charge in [0.15, 0.2) is 0 Å². The zero-order chi connectivity index (χ0) is 26.5. The number of aryl methyl sites for hydroxylation is 1. The quantitative estimate of drug-likeness (QED) is 0.562. The molecule has 2 aromatic rings. The SMILES string of the molecule is CON(C)C(=O)c1ccc2c(c1)C1(CCN(C(=O)OC(C)(C)C)CC1)CN2c1ncnc2c1C(C)CC2. The predicted molar refractivity (Wildman–Crippen MR) is 140 cm³/mol. The van der Waals surface area contributed by atoms with Crippen LogP contribution in [0.25, 0.3) is 0 Å². The van der Waals surface area contributed by atoms with Crippen LogP contribution in [0.3, 0.4) is 0 Å². The fraction of sp³-hybridized carbons (Fsp3) is 0.571. The summed E-state index contributed by atoms with van der Waals surface area (Å²) in [5.41, 5.74) is 4.40. The van der Waals surface area contributed by atoms with E-state index in [1.165, 1.54) is 17.7 Å². The Kier molecular flexibility index (Phi) is 6.38. The van der Waals surface area contributed by atoms with Crippen LogP contribution in [-0.4, -0.2) is 71.3 Å². The van der Waals surface area contributed by atoms with E-state index < -0.39 is 5.60 Å². The number of likely N-dealkylation sites (tertiary alicyclic amines) is 1. The minimum atomic E-state index is -0.532. The number of aromatic nitrogens is 2. The van der Waals surface area contributed by atoms with Crippen molar-refractivity contribution in [2.24, 2.45) is 0 Å². The Hall–Kier alpha value is -3.20. The number of amides is 2. The van der Waals surface area contributed by atoms with Gasteiger partial charge < -0.3 is 14.5 Å². The Morgan fingerprint density at radius 2 is 1.89 bits per heavy atom. The van der Waals surface area contributed by atoms with Crippen molar-refractivity contribution in [3.8, 4) is 0 Å². The summed E-state index contributed by atoms with van der Waals surface area (Å²) >= 11 is 0. The molecule has 1 aliphatic carbocycles. The van der Waals surface area contributed by atoms with Crippen LogP contribution < -0.4 is 4.90 Å². The summed E-state index contributed by atoms with van der Waals surface area (Å²) in [4.78, 5) is 44.4. The van der Waals surface area contributed by atoms with E-state index in [2.05, 4.69) is 16.8 Å². The molecular weight excluding hydrogens is 470 g/mol. The topological polar surface area (TPSA) is 88.1 Å². The Balaban J connectivity index is 1.52. The van der Waals surface area contributed by atoms with Gasteiger partial charge in [0.2, 0.25) is 0 Å².